The highest BCUT2D eigenvalue weighted by atomic mass is 32.1. The fraction of sp³-hybridized carbons (Fsp3) is 0.632. The normalized spacial score (nSPS) is 21.3. The van der Waals surface area contributed by atoms with E-state index in [1.54, 1.807) is 10.3 Å². The Morgan fingerprint density at radius 1 is 1.13 bits per heavy atom. The average Bonchev–Trinajstić information content (AvgIpc) is 3.61. The maximum absolute atomic E-state index is 14.5. The third-order valence-corrected chi connectivity index (χ3v) is 11.4. The van der Waals surface area contributed by atoms with Crippen molar-refractivity contribution >= 4 is 41.0 Å². The Hall–Kier alpha value is -3.88. The number of fused-ring (bicyclic) bond motifs is 1. The van der Waals surface area contributed by atoms with E-state index in [0.717, 1.165) is 36.9 Å². The van der Waals surface area contributed by atoms with Crippen LogP contribution in [0.4, 0.5) is 0 Å². The Labute approximate surface area is 310 Å². The van der Waals surface area contributed by atoms with E-state index in [9.17, 15) is 29.1 Å². The number of carboxylic acid groups (broad SMARTS) is 1. The van der Waals surface area contributed by atoms with E-state index in [0.29, 0.717) is 17.8 Å². The molecule has 3 N–H and O–H groups in total. The van der Waals surface area contributed by atoms with Crippen LogP contribution in [0.1, 0.15) is 112 Å². The van der Waals surface area contributed by atoms with Crippen molar-refractivity contribution in [3.05, 3.63) is 51.5 Å². The lowest BCUT2D eigenvalue weighted by Gasteiger charge is -2.39. The van der Waals surface area contributed by atoms with Crippen molar-refractivity contribution in [3.8, 4) is 0 Å². The van der Waals surface area contributed by atoms with E-state index in [4.69, 9.17) is 9.47 Å². The van der Waals surface area contributed by atoms with Crippen molar-refractivity contribution in [1.82, 2.24) is 25.4 Å². The Kier molecular flexibility index (Phi) is 14.7. The van der Waals surface area contributed by atoms with E-state index in [1.165, 1.54) is 25.4 Å². The molecule has 4 rings (SSSR count). The smallest absolute Gasteiger partial charge is 0.311 e. The fourth-order valence-corrected chi connectivity index (χ4v) is 8.16. The predicted octanol–water partition coefficient (Wildman–Crippen LogP) is 4.52. The molecule has 1 aromatic carbocycles. The summed E-state index contributed by atoms with van der Waals surface area (Å²) in [6.45, 7) is 9.93. The van der Waals surface area contributed by atoms with E-state index >= 15 is 0 Å². The number of piperidine rings is 1. The van der Waals surface area contributed by atoms with Gasteiger partial charge in [-0.25, -0.2) is 4.98 Å². The summed E-state index contributed by atoms with van der Waals surface area (Å²) in [6.07, 6.45) is 3.41. The minimum atomic E-state index is -0.943. The molecule has 1 aliphatic heterocycles. The van der Waals surface area contributed by atoms with Crippen molar-refractivity contribution in [2.75, 3.05) is 27.4 Å². The molecular formula is C38H55N5O8S. The van der Waals surface area contributed by atoms with Gasteiger partial charge in [-0.15, -0.1) is 11.3 Å². The molecule has 1 aliphatic carbocycles. The topological polar surface area (TPSA) is 167 Å². The van der Waals surface area contributed by atoms with Crippen LogP contribution in [0, 0.1) is 11.8 Å². The van der Waals surface area contributed by atoms with Crippen LogP contribution in [0.15, 0.2) is 29.6 Å². The summed E-state index contributed by atoms with van der Waals surface area (Å²) >= 11 is 1.17. The number of amides is 3. The van der Waals surface area contributed by atoms with Crippen molar-refractivity contribution in [3.63, 3.8) is 0 Å². The van der Waals surface area contributed by atoms with Crippen molar-refractivity contribution in [1.29, 1.82) is 0 Å². The summed E-state index contributed by atoms with van der Waals surface area (Å²) in [4.78, 5) is 74.1. The molecule has 1 aromatic heterocycles. The number of esters is 1. The van der Waals surface area contributed by atoms with Crippen molar-refractivity contribution in [2.45, 2.75) is 116 Å². The number of likely N-dealkylation sites (N-methyl/N-ethyl adjacent to an activating group) is 1. The van der Waals surface area contributed by atoms with Gasteiger partial charge >= 0.3 is 11.9 Å². The van der Waals surface area contributed by atoms with Gasteiger partial charge in [0.25, 0.3) is 5.91 Å². The number of carbonyl (C=O) groups excluding carboxylic acids is 4. The molecule has 0 bridgehead atoms. The fourth-order valence-electron chi connectivity index (χ4n) is 7.32. The highest BCUT2D eigenvalue weighted by molar-refractivity contribution is 7.09. The monoisotopic (exact) mass is 741 g/mol. The number of ether oxygens (including phenoxy) is 2. The highest BCUT2D eigenvalue weighted by Gasteiger charge is 2.39. The van der Waals surface area contributed by atoms with Gasteiger partial charge in [-0.1, -0.05) is 64.8 Å². The van der Waals surface area contributed by atoms with Gasteiger partial charge < -0.3 is 30.1 Å². The second kappa shape index (κ2) is 18.7. The van der Waals surface area contributed by atoms with Gasteiger partial charge in [0, 0.05) is 37.9 Å². The maximum atomic E-state index is 14.5. The summed E-state index contributed by atoms with van der Waals surface area (Å²) in [5.74, 6) is -3.40. The lowest BCUT2D eigenvalue weighted by atomic mass is 9.80. The number of aromatic nitrogens is 1. The SMILES string of the molecule is CCC(C)C(NC(=O)C1CCCCN1C)C(=O)N(COC)[C@H](C[C@@H](OC(C)=O)c1nc(C(=O)N[C@H]2Cc3ccccc3C(C(=O)O)C2)cs1)C(C)C. The first-order chi connectivity index (χ1) is 24.7. The number of benzene rings is 1. The molecular weight excluding hydrogens is 687 g/mol. The van der Waals surface area contributed by atoms with Crippen molar-refractivity contribution < 1.29 is 38.6 Å². The average molecular weight is 742 g/mol. The molecule has 0 radical (unpaired) electrons. The number of hydrogen-bond acceptors (Lipinski definition) is 10. The lowest BCUT2D eigenvalue weighted by Crippen LogP contribution is -2.59. The van der Waals surface area contributed by atoms with Gasteiger partial charge in [-0.3, -0.25) is 28.9 Å². The Morgan fingerprint density at radius 2 is 1.87 bits per heavy atom. The summed E-state index contributed by atoms with van der Waals surface area (Å²) < 4.78 is 11.3. The van der Waals surface area contributed by atoms with E-state index in [1.807, 2.05) is 63.9 Å². The van der Waals surface area contributed by atoms with Gasteiger partial charge in [0.05, 0.1) is 12.0 Å². The molecule has 286 valence electrons. The van der Waals surface area contributed by atoms with Crippen LogP contribution >= 0.6 is 11.3 Å². The molecule has 0 spiro atoms. The van der Waals surface area contributed by atoms with Crippen molar-refractivity contribution in [2.24, 2.45) is 11.8 Å². The van der Waals surface area contributed by atoms with Crippen LogP contribution in [-0.4, -0.2) is 101 Å². The van der Waals surface area contributed by atoms with Crippen LogP contribution < -0.4 is 10.6 Å². The molecule has 0 saturated carbocycles. The predicted molar refractivity (Wildman–Crippen MR) is 197 cm³/mol. The third kappa shape index (κ3) is 10.2. The molecule has 2 aromatic rings. The third-order valence-electron chi connectivity index (χ3n) is 10.4. The summed E-state index contributed by atoms with van der Waals surface area (Å²) in [7, 11) is 3.44. The number of aliphatic carboxylic acids is 1. The van der Waals surface area contributed by atoms with Gasteiger partial charge in [0.2, 0.25) is 11.8 Å². The number of rotatable bonds is 16. The van der Waals surface area contributed by atoms with Crippen LogP contribution in [0.25, 0.3) is 0 Å². The molecule has 2 heterocycles. The molecule has 52 heavy (non-hydrogen) atoms. The van der Waals surface area contributed by atoms with Gasteiger partial charge in [0.15, 0.2) is 6.10 Å². The van der Waals surface area contributed by atoms with Gasteiger partial charge in [-0.2, -0.15) is 0 Å². The van der Waals surface area contributed by atoms with Gasteiger partial charge in [0.1, 0.15) is 23.5 Å². The minimum absolute atomic E-state index is 0.0476. The first-order valence-corrected chi connectivity index (χ1v) is 19.2. The molecule has 13 nitrogen and oxygen atoms in total. The zero-order valence-corrected chi connectivity index (χ0v) is 32.2. The number of likely N-dealkylation sites (tertiary alicyclic amines) is 1. The Bertz CT molecular complexity index is 1570. The van der Waals surface area contributed by atoms with E-state index < -0.39 is 48.0 Å². The molecule has 7 atom stereocenters. The van der Waals surface area contributed by atoms with Crippen LogP contribution in [-0.2, 0) is 35.1 Å². The molecule has 14 heteroatoms. The molecule has 1 saturated heterocycles. The molecule has 4 unspecified atom stereocenters. The zero-order chi connectivity index (χ0) is 38.1. The Morgan fingerprint density at radius 3 is 2.50 bits per heavy atom. The van der Waals surface area contributed by atoms with Crippen LogP contribution in [0.2, 0.25) is 0 Å². The lowest BCUT2D eigenvalue weighted by molar-refractivity contribution is -0.152. The molecule has 2 aliphatic rings. The maximum Gasteiger partial charge on any atom is 0.311 e. The number of nitrogens with zero attached hydrogens (tertiary/aromatic N) is 3. The second-order valence-electron chi connectivity index (χ2n) is 14.5. The number of hydrogen-bond donors (Lipinski definition) is 3. The largest absolute Gasteiger partial charge is 0.481 e. The number of methoxy groups -OCH3 is 1. The molecule has 1 fully saturated rings. The number of carboxylic acids is 1. The second-order valence-corrected chi connectivity index (χ2v) is 15.4. The quantitative estimate of drug-likeness (QED) is 0.164. The van der Waals surface area contributed by atoms with E-state index in [2.05, 4.69) is 15.6 Å². The standard InChI is InChI=1S/C38H55N5O8S/c1-8-23(4)33(41-35(46)30-15-11-12-16-42(30)6)37(47)43(21-50-7)31(22(2)3)19-32(51-24(5)44)36-40-29(20-52-36)34(45)39-26-17-25-13-9-10-14-27(25)28(18-26)38(48)49/h9-10,13-14,20,22-23,26,28,30-33H,8,11-12,15-19,21H2,1-7H3,(H,39,45)(H,41,46)(H,48,49)/t23?,26-,28?,30?,31+,32+,33?/m0/s1. The van der Waals surface area contributed by atoms with E-state index in [-0.39, 0.29) is 55.0 Å². The summed E-state index contributed by atoms with van der Waals surface area (Å²) in [5, 5.41) is 17.9. The summed E-state index contributed by atoms with van der Waals surface area (Å²) in [5.41, 5.74) is 1.77. The first kappa shape index (κ1) is 40.9. The van der Waals surface area contributed by atoms with Gasteiger partial charge in [-0.05, 0) is 62.2 Å². The summed E-state index contributed by atoms with van der Waals surface area (Å²) in [6, 6.07) is 5.37. The number of carbonyl (C=O) groups is 5. The van der Waals surface area contributed by atoms with Crippen LogP contribution in [0.5, 0.6) is 0 Å². The number of thiazole rings is 1. The first-order valence-electron chi connectivity index (χ1n) is 18.3. The molecule has 3 amide bonds. The minimum Gasteiger partial charge on any atom is -0.481 e. The zero-order valence-electron chi connectivity index (χ0n) is 31.4. The highest BCUT2D eigenvalue weighted by Crippen LogP contribution is 2.34. The Balaban J connectivity index is 1.54. The van der Waals surface area contributed by atoms with Crippen LogP contribution in [0.3, 0.4) is 0 Å². The number of nitrogens with one attached hydrogen (secondary N) is 2.